The number of sulfonamides is 1. The average molecular weight is 565 g/mol. The molecule has 1 unspecified atom stereocenters. The van der Waals surface area contributed by atoms with E-state index in [9.17, 15) is 13.5 Å². The normalized spacial score (nSPS) is 21.2. The molecule has 3 aliphatic rings. The van der Waals surface area contributed by atoms with Crippen molar-refractivity contribution in [3.63, 3.8) is 0 Å². The summed E-state index contributed by atoms with van der Waals surface area (Å²) in [6, 6.07) is 7.45. The van der Waals surface area contributed by atoms with Crippen LogP contribution in [0.15, 0.2) is 41.7 Å². The molecule has 0 saturated carbocycles. The fraction of sp³-hybridized carbons (Fsp3) is 0.483. The molecule has 3 aromatic rings. The second kappa shape index (κ2) is 10.3. The minimum Gasteiger partial charge on any atom is -0.491 e. The lowest BCUT2D eigenvalue weighted by atomic mass is 9.76. The maximum atomic E-state index is 13.4. The van der Waals surface area contributed by atoms with E-state index in [1.54, 1.807) is 18.6 Å². The summed E-state index contributed by atoms with van der Waals surface area (Å²) in [6.45, 7) is 6.82. The number of fused-ring (bicyclic) bond motifs is 2. The van der Waals surface area contributed by atoms with E-state index in [4.69, 9.17) is 15.5 Å². The van der Waals surface area contributed by atoms with E-state index in [0.29, 0.717) is 44.6 Å². The van der Waals surface area contributed by atoms with Crippen LogP contribution in [0.3, 0.4) is 0 Å². The van der Waals surface area contributed by atoms with Gasteiger partial charge in [0.05, 0.1) is 12.6 Å². The van der Waals surface area contributed by atoms with Crippen LogP contribution in [0.4, 0.5) is 11.6 Å². The third-order valence-corrected chi connectivity index (χ3v) is 10.1. The predicted molar refractivity (Wildman–Crippen MR) is 152 cm³/mol. The molecule has 1 saturated heterocycles. The highest BCUT2D eigenvalue weighted by molar-refractivity contribution is 7.89. The highest BCUT2D eigenvalue weighted by Gasteiger charge is 2.33. The largest absolute Gasteiger partial charge is 0.491 e. The summed E-state index contributed by atoms with van der Waals surface area (Å²) in [7, 11) is -3.90. The number of pyridine rings is 1. The van der Waals surface area contributed by atoms with Gasteiger partial charge in [0.2, 0.25) is 10.0 Å². The van der Waals surface area contributed by atoms with E-state index in [1.807, 2.05) is 18.2 Å². The average Bonchev–Trinajstić information content (AvgIpc) is 3.14. The molecule has 40 heavy (non-hydrogen) atoms. The topological polar surface area (TPSA) is 135 Å². The van der Waals surface area contributed by atoms with E-state index >= 15 is 0 Å². The fourth-order valence-electron chi connectivity index (χ4n) is 5.98. The lowest BCUT2D eigenvalue weighted by molar-refractivity contribution is 0.108. The number of β-amino-alcohol motifs (C(OH)–C–C–N with tert-alkyl or cyclic N) is 1. The molecule has 0 bridgehead atoms. The van der Waals surface area contributed by atoms with E-state index in [-0.39, 0.29) is 22.7 Å². The first-order chi connectivity index (χ1) is 19.1. The molecule has 1 fully saturated rings. The van der Waals surface area contributed by atoms with E-state index in [1.165, 1.54) is 9.87 Å². The molecule has 212 valence electrons. The number of nitrogens with zero attached hydrogens (tertiary/aromatic N) is 5. The van der Waals surface area contributed by atoms with Crippen molar-refractivity contribution in [1.29, 1.82) is 0 Å². The third-order valence-electron chi connectivity index (χ3n) is 8.24. The first kappa shape index (κ1) is 26.9. The van der Waals surface area contributed by atoms with Gasteiger partial charge in [-0.25, -0.2) is 23.4 Å². The molecule has 3 N–H and O–H groups in total. The Morgan fingerprint density at radius 2 is 1.98 bits per heavy atom. The van der Waals surface area contributed by atoms with Crippen molar-refractivity contribution < 1.29 is 18.3 Å². The summed E-state index contributed by atoms with van der Waals surface area (Å²) < 4.78 is 34.3. The number of aromatic nitrogens is 3. The number of anilines is 2. The van der Waals surface area contributed by atoms with Gasteiger partial charge in [0.1, 0.15) is 35.2 Å². The molecule has 10 nitrogen and oxygen atoms in total. The van der Waals surface area contributed by atoms with Crippen molar-refractivity contribution in [2.75, 3.05) is 36.9 Å². The smallest absolute Gasteiger partial charge is 0.246 e. The lowest BCUT2D eigenvalue weighted by Gasteiger charge is -2.33. The molecule has 2 aromatic heterocycles. The Kier molecular flexibility index (Phi) is 6.92. The molecule has 0 amide bonds. The zero-order valence-electron chi connectivity index (χ0n) is 23.0. The molecular formula is C29H36N6O4S. The molecule has 6 rings (SSSR count). The number of nitrogens with two attached hydrogens (primary N) is 1. The molecule has 2 aliphatic heterocycles. The molecule has 1 aliphatic carbocycles. The number of benzene rings is 1. The minimum atomic E-state index is -3.90. The maximum Gasteiger partial charge on any atom is 0.246 e. The van der Waals surface area contributed by atoms with Gasteiger partial charge in [0, 0.05) is 48.2 Å². The summed E-state index contributed by atoms with van der Waals surface area (Å²) in [5.74, 6) is 1.71. The van der Waals surface area contributed by atoms with Crippen molar-refractivity contribution in [1.82, 2.24) is 19.3 Å². The Labute approximate surface area is 235 Å². The van der Waals surface area contributed by atoms with Gasteiger partial charge in [-0.3, -0.25) is 0 Å². The number of hydrogen-bond acceptors (Lipinski definition) is 9. The first-order valence-corrected chi connectivity index (χ1v) is 15.3. The van der Waals surface area contributed by atoms with Gasteiger partial charge in [0.15, 0.2) is 0 Å². The molecule has 4 heterocycles. The molecule has 1 aromatic carbocycles. The summed E-state index contributed by atoms with van der Waals surface area (Å²) in [6.07, 6.45) is 6.76. The van der Waals surface area contributed by atoms with Crippen molar-refractivity contribution in [2.24, 2.45) is 5.41 Å². The SMILES string of the molecule is CC1(C)CCc2ncnc(N3CCOc4ccc(-c5cnc(N)c(S(=O)(=O)N6CCCC(O)C6)c5)cc4C3)c2C1. The monoisotopic (exact) mass is 564 g/mol. The number of piperidine rings is 1. The summed E-state index contributed by atoms with van der Waals surface area (Å²) >= 11 is 0. The minimum absolute atomic E-state index is 0.0397. The molecule has 0 spiro atoms. The lowest BCUT2D eigenvalue weighted by Crippen LogP contribution is -2.42. The van der Waals surface area contributed by atoms with Gasteiger partial charge >= 0.3 is 0 Å². The number of hydrogen-bond donors (Lipinski definition) is 2. The Balaban J connectivity index is 1.33. The van der Waals surface area contributed by atoms with E-state index in [0.717, 1.165) is 47.7 Å². The molecule has 11 heteroatoms. The predicted octanol–water partition coefficient (Wildman–Crippen LogP) is 3.18. The van der Waals surface area contributed by atoms with Gasteiger partial charge < -0.3 is 20.5 Å². The number of aliphatic hydroxyl groups excluding tert-OH is 1. The van der Waals surface area contributed by atoms with Crippen LogP contribution in [-0.4, -0.2) is 65.1 Å². The van der Waals surface area contributed by atoms with Crippen LogP contribution in [0.2, 0.25) is 0 Å². The van der Waals surface area contributed by atoms with Crippen LogP contribution < -0.4 is 15.4 Å². The third kappa shape index (κ3) is 5.13. The van der Waals surface area contributed by atoms with Crippen molar-refractivity contribution >= 4 is 21.7 Å². The second-order valence-electron chi connectivity index (χ2n) is 11.8. The van der Waals surface area contributed by atoms with Gasteiger partial charge in [-0.05, 0) is 61.3 Å². The van der Waals surface area contributed by atoms with Gasteiger partial charge in [0.25, 0.3) is 0 Å². The fourth-order valence-corrected chi connectivity index (χ4v) is 7.59. The second-order valence-corrected chi connectivity index (χ2v) is 13.7. The van der Waals surface area contributed by atoms with Crippen molar-refractivity contribution in [3.05, 3.63) is 53.6 Å². The Morgan fingerprint density at radius 1 is 1.12 bits per heavy atom. The molecular weight excluding hydrogens is 528 g/mol. The first-order valence-electron chi connectivity index (χ1n) is 13.9. The zero-order valence-corrected chi connectivity index (χ0v) is 23.8. The summed E-state index contributed by atoms with van der Waals surface area (Å²) in [5.41, 5.74) is 11.1. The Bertz CT molecular complexity index is 1540. The zero-order chi connectivity index (χ0) is 28.1. The number of aryl methyl sites for hydroxylation is 1. The van der Waals surface area contributed by atoms with Crippen LogP contribution in [0, 0.1) is 5.41 Å². The number of nitrogen functional groups attached to an aromatic ring is 1. The van der Waals surface area contributed by atoms with E-state index in [2.05, 4.69) is 28.7 Å². The Morgan fingerprint density at radius 3 is 2.80 bits per heavy atom. The standard InChI is InChI=1S/C29H36N6O4S/c1-29(2)8-7-24-23(14-29)28(33-18-32-24)34-10-11-39-25-6-5-19(12-21(25)16-34)20-13-26(27(30)31-15-20)40(37,38)35-9-3-4-22(36)17-35/h5-6,12-13,15,18,22,36H,3-4,7-11,14,16-17H2,1-2H3,(H2,30,31). The number of aliphatic hydroxyl groups is 1. The van der Waals surface area contributed by atoms with Crippen LogP contribution in [0.5, 0.6) is 5.75 Å². The van der Waals surface area contributed by atoms with Gasteiger partial charge in [-0.2, -0.15) is 4.31 Å². The van der Waals surface area contributed by atoms with Crippen LogP contribution in [0.25, 0.3) is 11.1 Å². The quantitative estimate of drug-likeness (QED) is 0.490. The van der Waals surface area contributed by atoms with E-state index < -0.39 is 16.1 Å². The maximum absolute atomic E-state index is 13.4. The highest BCUT2D eigenvalue weighted by Crippen LogP contribution is 2.39. The summed E-state index contributed by atoms with van der Waals surface area (Å²) in [5, 5.41) is 10.0. The molecule has 0 radical (unpaired) electrons. The number of ether oxygens (including phenoxy) is 1. The highest BCUT2D eigenvalue weighted by atomic mass is 32.2. The van der Waals surface area contributed by atoms with Crippen LogP contribution in [0.1, 0.15) is 49.9 Å². The van der Waals surface area contributed by atoms with Gasteiger partial charge in [-0.1, -0.05) is 19.9 Å². The van der Waals surface area contributed by atoms with Crippen molar-refractivity contribution in [2.45, 2.75) is 63.5 Å². The van der Waals surface area contributed by atoms with Gasteiger partial charge in [-0.15, -0.1) is 0 Å². The number of rotatable bonds is 4. The van der Waals surface area contributed by atoms with Crippen molar-refractivity contribution in [3.8, 4) is 16.9 Å². The van der Waals surface area contributed by atoms with Crippen LogP contribution >= 0.6 is 0 Å². The Hall–Kier alpha value is -3.28. The van der Waals surface area contributed by atoms with Crippen LogP contribution in [-0.2, 0) is 29.4 Å². The molecule has 1 atom stereocenters. The summed E-state index contributed by atoms with van der Waals surface area (Å²) in [4.78, 5) is 15.8.